The van der Waals surface area contributed by atoms with Crippen LogP contribution >= 0.6 is 11.8 Å². The molecule has 3 amide bonds. The normalized spacial score (nSPS) is 11.2. The molecule has 0 bridgehead atoms. The van der Waals surface area contributed by atoms with Gasteiger partial charge in [0, 0.05) is 18.8 Å². The van der Waals surface area contributed by atoms with E-state index in [9.17, 15) is 9.59 Å². The molecule has 0 saturated carbocycles. The van der Waals surface area contributed by atoms with E-state index in [1.807, 2.05) is 43.6 Å². The molecule has 0 aliphatic heterocycles. The third kappa shape index (κ3) is 6.20. The molecule has 0 heterocycles. The van der Waals surface area contributed by atoms with Gasteiger partial charge in [0.2, 0.25) is 0 Å². The Labute approximate surface area is 141 Å². The van der Waals surface area contributed by atoms with Crippen LogP contribution in [0.4, 0.5) is 4.79 Å². The van der Waals surface area contributed by atoms with E-state index >= 15 is 0 Å². The number of amides is 3. The Kier molecular flexibility index (Phi) is 7.98. The summed E-state index contributed by atoms with van der Waals surface area (Å²) in [5.41, 5.74) is 2.10. The Morgan fingerprint density at radius 1 is 1.43 bits per heavy atom. The molecule has 1 unspecified atom stereocenters. The molecule has 0 aliphatic carbocycles. The number of thioether (sulfide) groups is 1. The van der Waals surface area contributed by atoms with Gasteiger partial charge in [0.1, 0.15) is 6.04 Å². The van der Waals surface area contributed by atoms with Crippen molar-refractivity contribution in [1.29, 1.82) is 5.26 Å². The lowest BCUT2D eigenvalue weighted by molar-refractivity contribution is -0.129. The van der Waals surface area contributed by atoms with Crippen LogP contribution in [0.15, 0.2) is 24.3 Å². The molecule has 0 saturated heterocycles. The monoisotopic (exact) mass is 334 g/mol. The second-order valence-electron chi connectivity index (χ2n) is 5.01. The highest BCUT2D eigenvalue weighted by molar-refractivity contribution is 7.98. The largest absolute Gasteiger partial charge is 0.334 e. The number of carbonyl (C=O) groups excluding carboxylic acids is 2. The van der Waals surface area contributed by atoms with E-state index in [2.05, 4.69) is 10.6 Å². The summed E-state index contributed by atoms with van der Waals surface area (Å²) in [6, 6.07) is 6.68. The molecule has 0 aromatic heterocycles. The zero-order valence-corrected chi connectivity index (χ0v) is 14.4. The van der Waals surface area contributed by atoms with Gasteiger partial charge in [-0.15, -0.1) is 0 Å². The fourth-order valence-corrected chi connectivity index (χ4v) is 2.58. The summed E-state index contributed by atoms with van der Waals surface area (Å²) in [7, 11) is 0. The van der Waals surface area contributed by atoms with Crippen molar-refractivity contribution in [2.24, 2.45) is 0 Å². The molecule has 1 atom stereocenters. The van der Waals surface area contributed by atoms with Gasteiger partial charge < -0.3 is 10.6 Å². The second-order valence-corrected chi connectivity index (χ2v) is 5.92. The first-order valence-corrected chi connectivity index (χ1v) is 8.71. The number of hydrogen-bond acceptors (Lipinski definition) is 4. The molecule has 0 aliphatic rings. The van der Waals surface area contributed by atoms with Gasteiger partial charge in [0.05, 0.1) is 0 Å². The molecule has 1 rings (SSSR count). The van der Waals surface area contributed by atoms with Gasteiger partial charge >= 0.3 is 6.03 Å². The Morgan fingerprint density at radius 3 is 2.74 bits per heavy atom. The Morgan fingerprint density at radius 2 is 2.17 bits per heavy atom. The first kappa shape index (κ1) is 18.8. The van der Waals surface area contributed by atoms with Crippen LogP contribution in [0.1, 0.15) is 18.1 Å². The standard InChI is InChI=1S/C16H22N4O2S/c1-4-20(11-17)15(21)14(10-23-3)19-16(22)18-9-13-7-5-6-12(2)8-13/h5-8,14H,4,9-10H2,1-3H3,(H2,18,19,22). The predicted octanol–water partition coefficient (Wildman–Crippen LogP) is 1.86. The molecule has 6 nitrogen and oxygen atoms in total. The van der Waals surface area contributed by atoms with Crippen LogP contribution in [-0.2, 0) is 11.3 Å². The highest BCUT2D eigenvalue weighted by atomic mass is 32.2. The number of nitrogens with zero attached hydrogens (tertiary/aromatic N) is 2. The minimum atomic E-state index is -0.720. The van der Waals surface area contributed by atoms with Crippen molar-refractivity contribution in [2.75, 3.05) is 18.6 Å². The number of carbonyl (C=O) groups is 2. The third-order valence-electron chi connectivity index (χ3n) is 3.18. The van der Waals surface area contributed by atoms with Gasteiger partial charge in [-0.1, -0.05) is 29.8 Å². The molecule has 0 fully saturated rings. The van der Waals surface area contributed by atoms with Crippen molar-refractivity contribution in [3.05, 3.63) is 35.4 Å². The van der Waals surface area contributed by atoms with E-state index in [1.165, 1.54) is 11.8 Å². The average molecular weight is 334 g/mol. The highest BCUT2D eigenvalue weighted by Gasteiger charge is 2.24. The molecule has 0 radical (unpaired) electrons. The molecular weight excluding hydrogens is 312 g/mol. The first-order valence-electron chi connectivity index (χ1n) is 7.31. The quantitative estimate of drug-likeness (QED) is 0.589. The van der Waals surface area contributed by atoms with E-state index in [-0.39, 0.29) is 6.54 Å². The number of aryl methyl sites for hydroxylation is 1. The van der Waals surface area contributed by atoms with Crippen molar-refractivity contribution in [1.82, 2.24) is 15.5 Å². The number of likely N-dealkylation sites (N-methyl/N-ethyl adjacent to an activating group) is 1. The number of urea groups is 1. The maximum Gasteiger partial charge on any atom is 0.315 e. The van der Waals surface area contributed by atoms with Crippen LogP contribution in [-0.4, -0.2) is 41.4 Å². The van der Waals surface area contributed by atoms with Crippen LogP contribution in [0.25, 0.3) is 0 Å². The van der Waals surface area contributed by atoms with Gasteiger partial charge in [-0.25, -0.2) is 9.69 Å². The average Bonchev–Trinajstić information content (AvgIpc) is 2.53. The van der Waals surface area contributed by atoms with Gasteiger partial charge in [-0.2, -0.15) is 17.0 Å². The summed E-state index contributed by atoms with van der Waals surface area (Å²) in [6.07, 6.45) is 3.67. The van der Waals surface area contributed by atoms with Crippen LogP contribution in [0, 0.1) is 18.4 Å². The molecule has 0 spiro atoms. The van der Waals surface area contributed by atoms with Gasteiger partial charge in [0.15, 0.2) is 6.19 Å². The zero-order chi connectivity index (χ0) is 17.2. The summed E-state index contributed by atoms with van der Waals surface area (Å²) in [6.45, 7) is 4.36. The van der Waals surface area contributed by atoms with Crippen LogP contribution in [0.2, 0.25) is 0 Å². The fourth-order valence-electron chi connectivity index (χ4n) is 2.02. The minimum Gasteiger partial charge on any atom is -0.334 e. The molecule has 23 heavy (non-hydrogen) atoms. The minimum absolute atomic E-state index is 0.285. The number of hydrogen-bond donors (Lipinski definition) is 2. The van der Waals surface area contributed by atoms with Crippen LogP contribution in [0.5, 0.6) is 0 Å². The summed E-state index contributed by atoms with van der Waals surface area (Å²) in [5, 5.41) is 14.3. The van der Waals surface area contributed by atoms with Crippen molar-refractivity contribution in [3.8, 4) is 6.19 Å². The van der Waals surface area contributed by atoms with Crippen molar-refractivity contribution in [2.45, 2.75) is 26.4 Å². The maximum atomic E-state index is 12.2. The summed E-state index contributed by atoms with van der Waals surface area (Å²) in [4.78, 5) is 25.2. The molecular formula is C16H22N4O2S. The van der Waals surface area contributed by atoms with Gasteiger partial charge in [-0.3, -0.25) is 4.79 Å². The Balaban J connectivity index is 2.60. The summed E-state index contributed by atoms with van der Waals surface area (Å²) in [5.74, 6) is 0.0181. The smallest absolute Gasteiger partial charge is 0.315 e. The molecule has 124 valence electrons. The van der Waals surface area contributed by atoms with Crippen molar-refractivity contribution < 1.29 is 9.59 Å². The van der Waals surface area contributed by atoms with E-state index in [4.69, 9.17) is 5.26 Å². The first-order chi connectivity index (χ1) is 11.0. The summed E-state index contributed by atoms with van der Waals surface area (Å²) >= 11 is 1.44. The van der Waals surface area contributed by atoms with Crippen molar-refractivity contribution >= 4 is 23.7 Å². The predicted molar refractivity (Wildman–Crippen MR) is 91.7 cm³/mol. The number of rotatable bonds is 7. The van der Waals surface area contributed by atoms with Gasteiger partial charge in [-0.05, 0) is 25.7 Å². The molecule has 1 aromatic rings. The lowest BCUT2D eigenvalue weighted by Crippen LogP contribution is -2.51. The van der Waals surface area contributed by atoms with E-state index in [0.29, 0.717) is 12.3 Å². The third-order valence-corrected chi connectivity index (χ3v) is 3.84. The number of benzene rings is 1. The fraction of sp³-hybridized carbons (Fsp3) is 0.438. The van der Waals surface area contributed by atoms with Crippen molar-refractivity contribution in [3.63, 3.8) is 0 Å². The SMILES string of the molecule is CCN(C#N)C(=O)C(CSC)NC(=O)NCc1cccc(C)c1. The lowest BCUT2D eigenvalue weighted by atomic mass is 10.1. The number of nitrogens with one attached hydrogen (secondary N) is 2. The van der Waals surface area contributed by atoms with E-state index < -0.39 is 18.0 Å². The zero-order valence-electron chi connectivity index (χ0n) is 13.6. The van der Waals surface area contributed by atoms with Gasteiger partial charge in [0.25, 0.3) is 5.91 Å². The van der Waals surface area contributed by atoms with E-state index in [0.717, 1.165) is 16.0 Å². The van der Waals surface area contributed by atoms with Crippen LogP contribution in [0.3, 0.4) is 0 Å². The van der Waals surface area contributed by atoms with Crippen LogP contribution < -0.4 is 10.6 Å². The number of nitriles is 1. The molecule has 7 heteroatoms. The maximum absolute atomic E-state index is 12.2. The molecule has 1 aromatic carbocycles. The highest BCUT2D eigenvalue weighted by Crippen LogP contribution is 2.04. The molecule has 2 N–H and O–H groups in total. The lowest BCUT2D eigenvalue weighted by Gasteiger charge is -2.21. The topological polar surface area (TPSA) is 85.2 Å². The van der Waals surface area contributed by atoms with E-state index in [1.54, 1.807) is 6.92 Å². The Bertz CT molecular complexity index is 586. The summed E-state index contributed by atoms with van der Waals surface area (Å²) < 4.78 is 0. The second kappa shape index (κ2) is 9.74. The Hall–Kier alpha value is -2.20.